The van der Waals surface area contributed by atoms with Gasteiger partial charge >= 0.3 is 0 Å². The summed E-state index contributed by atoms with van der Waals surface area (Å²) in [7, 11) is 0. The molecule has 0 radical (unpaired) electrons. The molecule has 0 amide bonds. The van der Waals surface area contributed by atoms with Gasteiger partial charge in [-0.3, -0.25) is 4.98 Å². The lowest BCUT2D eigenvalue weighted by atomic mass is 10.1. The summed E-state index contributed by atoms with van der Waals surface area (Å²) in [5, 5.41) is 10.1. The minimum atomic E-state index is 0.324. The average Bonchev–Trinajstić information content (AvgIpc) is 2.46. The second kappa shape index (κ2) is 4.83. The van der Waals surface area contributed by atoms with Gasteiger partial charge in [0.05, 0.1) is 5.52 Å². The van der Waals surface area contributed by atoms with Gasteiger partial charge in [-0.05, 0) is 31.2 Å². The smallest absolute Gasteiger partial charge is 0.148 e. The Morgan fingerprint density at radius 3 is 2.90 bits per heavy atom. The molecule has 0 bridgehead atoms. The molecule has 0 spiro atoms. The van der Waals surface area contributed by atoms with Crippen molar-refractivity contribution in [2.45, 2.75) is 6.92 Å². The van der Waals surface area contributed by atoms with Crippen LogP contribution in [0.2, 0.25) is 0 Å². The van der Waals surface area contributed by atoms with Gasteiger partial charge in [-0.1, -0.05) is 18.3 Å². The number of pyridine rings is 1. The Kier molecular flexibility index (Phi) is 3.01. The molecule has 5 heteroatoms. The van der Waals surface area contributed by atoms with E-state index < -0.39 is 0 Å². The zero-order valence-electron chi connectivity index (χ0n) is 10.7. The molecule has 3 rings (SSSR count). The third-order valence-electron chi connectivity index (χ3n) is 3.10. The lowest BCUT2D eigenvalue weighted by Gasteiger charge is -2.06. The van der Waals surface area contributed by atoms with Gasteiger partial charge < -0.3 is 4.98 Å². The Morgan fingerprint density at radius 1 is 1.30 bits per heavy atom. The van der Waals surface area contributed by atoms with E-state index in [1.54, 1.807) is 6.20 Å². The fourth-order valence-corrected chi connectivity index (χ4v) is 2.37. The summed E-state index contributed by atoms with van der Waals surface area (Å²) in [6, 6.07) is 11.8. The van der Waals surface area contributed by atoms with Crippen LogP contribution >= 0.6 is 12.2 Å². The number of nitrogens with zero attached hydrogens (tertiary/aromatic N) is 3. The number of rotatable bonds is 1. The topological polar surface area (TPSA) is 65.4 Å². The number of hydrogen-bond donors (Lipinski definition) is 1. The fraction of sp³-hybridized carbons (Fsp3) is 0.0667. The number of aromatic nitrogens is 3. The van der Waals surface area contributed by atoms with Crippen molar-refractivity contribution in [3.05, 3.63) is 52.4 Å². The summed E-state index contributed by atoms with van der Waals surface area (Å²) < 4.78 is 0.324. The third kappa shape index (κ3) is 2.06. The van der Waals surface area contributed by atoms with Crippen molar-refractivity contribution in [1.29, 1.82) is 5.26 Å². The van der Waals surface area contributed by atoms with Crippen LogP contribution in [0.4, 0.5) is 0 Å². The Hall–Kier alpha value is -2.58. The van der Waals surface area contributed by atoms with Crippen LogP contribution in [0.3, 0.4) is 0 Å². The van der Waals surface area contributed by atoms with Gasteiger partial charge in [0.2, 0.25) is 0 Å². The van der Waals surface area contributed by atoms with Crippen molar-refractivity contribution < 1.29 is 0 Å². The Labute approximate surface area is 120 Å². The number of aromatic amines is 1. The first-order chi connectivity index (χ1) is 9.69. The molecular weight excluding hydrogens is 268 g/mol. The van der Waals surface area contributed by atoms with Gasteiger partial charge in [-0.2, -0.15) is 5.26 Å². The summed E-state index contributed by atoms with van der Waals surface area (Å²) in [6.07, 6.45) is 1.76. The van der Waals surface area contributed by atoms with Crippen LogP contribution in [0.5, 0.6) is 0 Å². The Bertz CT molecular complexity index is 906. The summed E-state index contributed by atoms with van der Waals surface area (Å²) in [5.74, 6) is 0.664. The lowest BCUT2D eigenvalue weighted by molar-refractivity contribution is 1.08. The van der Waals surface area contributed by atoms with E-state index in [2.05, 4.69) is 21.0 Å². The first-order valence-corrected chi connectivity index (χ1v) is 6.46. The molecule has 0 aliphatic heterocycles. The van der Waals surface area contributed by atoms with Crippen molar-refractivity contribution in [2.75, 3.05) is 0 Å². The SMILES string of the molecule is Cc1[nH]c(-c2ccc3ncccc3c2)nc(=S)c1C#N. The predicted molar refractivity (Wildman–Crippen MR) is 79.6 cm³/mol. The number of benzene rings is 1. The van der Waals surface area contributed by atoms with E-state index in [1.807, 2.05) is 37.3 Å². The van der Waals surface area contributed by atoms with Crippen LogP contribution in [0, 0.1) is 22.9 Å². The van der Waals surface area contributed by atoms with Crippen molar-refractivity contribution in [3.8, 4) is 17.5 Å². The molecule has 0 fully saturated rings. The molecule has 20 heavy (non-hydrogen) atoms. The van der Waals surface area contributed by atoms with Gasteiger partial charge in [0, 0.05) is 22.8 Å². The number of H-pyrrole nitrogens is 1. The second-order valence-corrected chi connectivity index (χ2v) is 4.80. The molecule has 1 aromatic carbocycles. The normalized spacial score (nSPS) is 10.4. The van der Waals surface area contributed by atoms with Gasteiger partial charge in [0.1, 0.15) is 22.1 Å². The lowest BCUT2D eigenvalue weighted by Crippen LogP contribution is -1.97. The molecule has 2 aromatic heterocycles. The standard InChI is InChI=1S/C15H10N4S/c1-9-12(8-16)15(20)19-14(18-9)11-4-5-13-10(7-11)3-2-6-17-13/h2-7H,1H3,(H,18,19,20). The fourth-order valence-electron chi connectivity index (χ4n) is 2.08. The molecule has 0 saturated carbocycles. The molecule has 96 valence electrons. The second-order valence-electron chi connectivity index (χ2n) is 4.41. The number of fused-ring (bicyclic) bond motifs is 1. The molecule has 0 saturated heterocycles. The van der Waals surface area contributed by atoms with Crippen LogP contribution < -0.4 is 0 Å². The predicted octanol–water partition coefficient (Wildman–Crippen LogP) is 3.53. The van der Waals surface area contributed by atoms with Gasteiger partial charge in [0.15, 0.2) is 0 Å². The van der Waals surface area contributed by atoms with Gasteiger partial charge in [-0.25, -0.2) is 4.98 Å². The van der Waals surface area contributed by atoms with E-state index in [0.717, 1.165) is 22.2 Å². The van der Waals surface area contributed by atoms with E-state index in [0.29, 0.717) is 16.0 Å². The molecule has 2 heterocycles. The van der Waals surface area contributed by atoms with Crippen molar-refractivity contribution in [3.63, 3.8) is 0 Å². The molecular formula is C15H10N4S. The summed E-state index contributed by atoms with van der Waals surface area (Å²) >= 11 is 5.16. The van der Waals surface area contributed by atoms with Crippen LogP contribution in [0.15, 0.2) is 36.5 Å². The number of nitriles is 1. The molecule has 0 aliphatic carbocycles. The van der Waals surface area contributed by atoms with Gasteiger partial charge in [0.25, 0.3) is 0 Å². The highest BCUT2D eigenvalue weighted by Gasteiger charge is 2.07. The van der Waals surface area contributed by atoms with Crippen molar-refractivity contribution >= 4 is 23.1 Å². The van der Waals surface area contributed by atoms with E-state index >= 15 is 0 Å². The molecule has 1 N–H and O–H groups in total. The number of nitrogens with one attached hydrogen (secondary N) is 1. The van der Waals surface area contributed by atoms with E-state index in [1.165, 1.54) is 0 Å². The van der Waals surface area contributed by atoms with E-state index in [-0.39, 0.29) is 0 Å². The third-order valence-corrected chi connectivity index (χ3v) is 3.39. The van der Waals surface area contributed by atoms with Crippen LogP contribution in [-0.2, 0) is 0 Å². The maximum atomic E-state index is 9.02. The monoisotopic (exact) mass is 278 g/mol. The Balaban J connectivity index is 2.21. The molecule has 0 aliphatic rings. The summed E-state index contributed by atoms with van der Waals surface area (Å²) in [5.41, 5.74) is 3.00. The summed E-state index contributed by atoms with van der Waals surface area (Å²) in [4.78, 5) is 11.7. The van der Waals surface area contributed by atoms with Crippen LogP contribution in [0.25, 0.3) is 22.3 Å². The minimum Gasteiger partial charge on any atom is -0.342 e. The maximum absolute atomic E-state index is 9.02. The highest BCUT2D eigenvalue weighted by Crippen LogP contribution is 2.21. The largest absolute Gasteiger partial charge is 0.342 e. The maximum Gasteiger partial charge on any atom is 0.148 e. The van der Waals surface area contributed by atoms with Crippen LogP contribution in [0.1, 0.15) is 11.3 Å². The zero-order valence-corrected chi connectivity index (χ0v) is 11.5. The van der Waals surface area contributed by atoms with Crippen LogP contribution in [-0.4, -0.2) is 15.0 Å². The molecule has 4 nitrogen and oxygen atoms in total. The Morgan fingerprint density at radius 2 is 2.15 bits per heavy atom. The summed E-state index contributed by atoms with van der Waals surface area (Å²) in [6.45, 7) is 1.82. The molecule has 0 atom stereocenters. The minimum absolute atomic E-state index is 0.324. The van der Waals surface area contributed by atoms with Gasteiger partial charge in [-0.15, -0.1) is 0 Å². The van der Waals surface area contributed by atoms with Crippen molar-refractivity contribution in [1.82, 2.24) is 15.0 Å². The van der Waals surface area contributed by atoms with E-state index in [4.69, 9.17) is 17.5 Å². The number of hydrogen-bond acceptors (Lipinski definition) is 4. The first-order valence-electron chi connectivity index (χ1n) is 6.05. The average molecular weight is 278 g/mol. The first kappa shape index (κ1) is 12.5. The van der Waals surface area contributed by atoms with Crippen molar-refractivity contribution in [2.24, 2.45) is 0 Å². The zero-order chi connectivity index (χ0) is 14.1. The quantitative estimate of drug-likeness (QED) is 0.691. The van der Waals surface area contributed by atoms with E-state index in [9.17, 15) is 0 Å². The highest BCUT2D eigenvalue weighted by atomic mass is 32.1. The highest BCUT2D eigenvalue weighted by molar-refractivity contribution is 7.71. The molecule has 3 aromatic rings. The molecule has 0 unspecified atom stereocenters. The number of aryl methyl sites for hydroxylation is 1.